The number of hydrogen-bond acceptors (Lipinski definition) is 4. The van der Waals surface area contributed by atoms with Crippen molar-refractivity contribution in [2.75, 3.05) is 7.11 Å². The van der Waals surface area contributed by atoms with Gasteiger partial charge in [0.05, 0.1) is 18.0 Å². The van der Waals surface area contributed by atoms with E-state index in [0.717, 1.165) is 22.2 Å². The standard InChI is InChI=1S/C12H10N4O/c1-17-12-10-9(4-7-14-12)15-16-11(10)8-2-5-13-6-3-8/h2-7H,1H3,(H,15,16). The molecule has 3 rings (SSSR count). The number of nitrogens with zero attached hydrogens (tertiary/aromatic N) is 3. The van der Waals surface area contributed by atoms with Gasteiger partial charge in [-0.2, -0.15) is 5.10 Å². The van der Waals surface area contributed by atoms with Gasteiger partial charge in [0, 0.05) is 24.2 Å². The lowest BCUT2D eigenvalue weighted by Gasteiger charge is -2.01. The monoisotopic (exact) mass is 226 g/mol. The van der Waals surface area contributed by atoms with Crippen molar-refractivity contribution in [1.82, 2.24) is 20.2 Å². The second-order valence-corrected chi connectivity index (χ2v) is 3.55. The van der Waals surface area contributed by atoms with Crippen LogP contribution in [0.15, 0.2) is 36.8 Å². The minimum Gasteiger partial charge on any atom is -0.480 e. The van der Waals surface area contributed by atoms with E-state index in [1.54, 1.807) is 25.7 Å². The first-order valence-corrected chi connectivity index (χ1v) is 5.17. The van der Waals surface area contributed by atoms with Crippen molar-refractivity contribution < 1.29 is 4.74 Å². The molecule has 0 fully saturated rings. The molecule has 0 unspecified atom stereocenters. The van der Waals surface area contributed by atoms with Crippen LogP contribution in [0.3, 0.4) is 0 Å². The largest absolute Gasteiger partial charge is 0.480 e. The molecular weight excluding hydrogens is 216 g/mol. The molecule has 17 heavy (non-hydrogen) atoms. The molecule has 3 heterocycles. The van der Waals surface area contributed by atoms with Crippen LogP contribution in [0.4, 0.5) is 0 Å². The fourth-order valence-corrected chi connectivity index (χ4v) is 1.81. The zero-order valence-electron chi connectivity index (χ0n) is 9.21. The number of rotatable bonds is 2. The quantitative estimate of drug-likeness (QED) is 0.726. The normalized spacial score (nSPS) is 10.6. The maximum atomic E-state index is 5.26. The number of fused-ring (bicyclic) bond motifs is 1. The summed E-state index contributed by atoms with van der Waals surface area (Å²) in [4.78, 5) is 8.18. The molecule has 0 aliphatic rings. The number of H-pyrrole nitrogens is 1. The van der Waals surface area contributed by atoms with E-state index in [1.807, 2.05) is 18.2 Å². The lowest BCUT2D eigenvalue weighted by Crippen LogP contribution is -1.88. The van der Waals surface area contributed by atoms with Crippen molar-refractivity contribution >= 4 is 10.9 Å². The summed E-state index contributed by atoms with van der Waals surface area (Å²) < 4.78 is 5.26. The predicted molar refractivity (Wildman–Crippen MR) is 63.7 cm³/mol. The highest BCUT2D eigenvalue weighted by Gasteiger charge is 2.13. The molecule has 5 nitrogen and oxygen atoms in total. The Morgan fingerprint density at radius 1 is 1.12 bits per heavy atom. The maximum absolute atomic E-state index is 5.26. The molecule has 1 N–H and O–H groups in total. The van der Waals surface area contributed by atoms with Crippen LogP contribution in [0.1, 0.15) is 0 Å². The van der Waals surface area contributed by atoms with Crippen LogP contribution in [0.5, 0.6) is 5.88 Å². The lowest BCUT2D eigenvalue weighted by molar-refractivity contribution is 0.403. The predicted octanol–water partition coefficient (Wildman–Crippen LogP) is 2.03. The number of methoxy groups -OCH3 is 1. The second-order valence-electron chi connectivity index (χ2n) is 3.55. The zero-order chi connectivity index (χ0) is 11.7. The third kappa shape index (κ3) is 1.52. The average Bonchev–Trinajstić information content (AvgIpc) is 2.83. The SMILES string of the molecule is COc1nccc2[nH]nc(-c3ccncc3)c12. The molecule has 0 amide bonds. The maximum Gasteiger partial charge on any atom is 0.224 e. The summed E-state index contributed by atoms with van der Waals surface area (Å²) in [5, 5.41) is 8.16. The van der Waals surface area contributed by atoms with E-state index >= 15 is 0 Å². The Morgan fingerprint density at radius 2 is 1.94 bits per heavy atom. The summed E-state index contributed by atoms with van der Waals surface area (Å²) in [5.74, 6) is 0.572. The molecular formula is C12H10N4O. The number of hydrogen-bond donors (Lipinski definition) is 1. The molecule has 84 valence electrons. The minimum absolute atomic E-state index is 0.572. The third-order valence-electron chi connectivity index (χ3n) is 2.59. The van der Waals surface area contributed by atoms with E-state index in [4.69, 9.17) is 4.74 Å². The first-order chi connectivity index (χ1) is 8.40. The van der Waals surface area contributed by atoms with Crippen molar-refractivity contribution in [3.8, 4) is 17.1 Å². The minimum atomic E-state index is 0.572. The van der Waals surface area contributed by atoms with Crippen LogP contribution in [-0.2, 0) is 0 Å². The van der Waals surface area contributed by atoms with E-state index in [-0.39, 0.29) is 0 Å². The lowest BCUT2D eigenvalue weighted by atomic mass is 10.1. The van der Waals surface area contributed by atoms with Gasteiger partial charge in [0.25, 0.3) is 0 Å². The molecule has 0 aliphatic heterocycles. The molecule has 0 radical (unpaired) electrons. The Morgan fingerprint density at radius 3 is 2.71 bits per heavy atom. The van der Waals surface area contributed by atoms with E-state index in [1.165, 1.54) is 0 Å². The van der Waals surface area contributed by atoms with Gasteiger partial charge in [0.1, 0.15) is 5.69 Å². The fraction of sp³-hybridized carbons (Fsp3) is 0.0833. The molecule has 0 atom stereocenters. The summed E-state index contributed by atoms with van der Waals surface area (Å²) in [6, 6.07) is 5.68. The smallest absolute Gasteiger partial charge is 0.224 e. The van der Waals surface area contributed by atoms with Gasteiger partial charge >= 0.3 is 0 Å². The van der Waals surface area contributed by atoms with Crippen molar-refractivity contribution in [2.24, 2.45) is 0 Å². The Bertz CT molecular complexity index is 648. The molecule has 0 aliphatic carbocycles. The van der Waals surface area contributed by atoms with Gasteiger partial charge in [0.15, 0.2) is 0 Å². The molecule has 3 aromatic heterocycles. The average molecular weight is 226 g/mol. The Labute approximate surface area is 97.5 Å². The molecule has 0 spiro atoms. The molecule has 0 saturated carbocycles. The van der Waals surface area contributed by atoms with Crippen molar-refractivity contribution in [3.05, 3.63) is 36.8 Å². The number of pyridine rings is 2. The van der Waals surface area contributed by atoms with Gasteiger partial charge in [-0.3, -0.25) is 10.1 Å². The van der Waals surface area contributed by atoms with Crippen LogP contribution >= 0.6 is 0 Å². The van der Waals surface area contributed by atoms with E-state index in [2.05, 4.69) is 20.2 Å². The summed E-state index contributed by atoms with van der Waals surface area (Å²) in [6.45, 7) is 0. The second kappa shape index (κ2) is 3.86. The Kier molecular flexibility index (Phi) is 2.22. The zero-order valence-corrected chi connectivity index (χ0v) is 9.21. The Balaban J connectivity index is 2.31. The molecule has 5 heteroatoms. The van der Waals surface area contributed by atoms with Crippen LogP contribution < -0.4 is 4.74 Å². The summed E-state index contributed by atoms with van der Waals surface area (Å²) in [6.07, 6.45) is 5.16. The number of aromatic amines is 1. The number of ether oxygens (including phenoxy) is 1. The summed E-state index contributed by atoms with van der Waals surface area (Å²) >= 11 is 0. The van der Waals surface area contributed by atoms with E-state index in [9.17, 15) is 0 Å². The van der Waals surface area contributed by atoms with Crippen LogP contribution in [0.25, 0.3) is 22.2 Å². The Hall–Kier alpha value is -2.43. The molecule has 0 bridgehead atoms. The highest BCUT2D eigenvalue weighted by atomic mass is 16.5. The van der Waals surface area contributed by atoms with E-state index < -0.39 is 0 Å². The third-order valence-corrected chi connectivity index (χ3v) is 2.59. The highest BCUT2D eigenvalue weighted by molar-refractivity contribution is 5.96. The highest BCUT2D eigenvalue weighted by Crippen LogP contribution is 2.31. The topological polar surface area (TPSA) is 63.7 Å². The van der Waals surface area contributed by atoms with Gasteiger partial charge in [-0.25, -0.2) is 4.98 Å². The van der Waals surface area contributed by atoms with Gasteiger partial charge in [-0.15, -0.1) is 0 Å². The molecule has 0 aromatic carbocycles. The first-order valence-electron chi connectivity index (χ1n) is 5.17. The first kappa shape index (κ1) is 9.77. The van der Waals surface area contributed by atoms with Crippen molar-refractivity contribution in [3.63, 3.8) is 0 Å². The molecule has 3 aromatic rings. The van der Waals surface area contributed by atoms with Gasteiger partial charge < -0.3 is 4.74 Å². The van der Waals surface area contributed by atoms with Gasteiger partial charge in [-0.05, 0) is 18.2 Å². The van der Waals surface area contributed by atoms with Gasteiger partial charge in [0.2, 0.25) is 5.88 Å². The van der Waals surface area contributed by atoms with Crippen LogP contribution in [0.2, 0.25) is 0 Å². The number of nitrogens with one attached hydrogen (secondary N) is 1. The number of aromatic nitrogens is 4. The van der Waals surface area contributed by atoms with Gasteiger partial charge in [-0.1, -0.05) is 0 Å². The molecule has 0 saturated heterocycles. The van der Waals surface area contributed by atoms with Crippen LogP contribution in [0, 0.1) is 0 Å². The fourth-order valence-electron chi connectivity index (χ4n) is 1.81. The van der Waals surface area contributed by atoms with Crippen LogP contribution in [-0.4, -0.2) is 27.3 Å². The summed E-state index contributed by atoms with van der Waals surface area (Å²) in [5.41, 5.74) is 2.72. The van der Waals surface area contributed by atoms with E-state index in [0.29, 0.717) is 5.88 Å². The summed E-state index contributed by atoms with van der Waals surface area (Å²) in [7, 11) is 1.60. The van der Waals surface area contributed by atoms with Crippen molar-refractivity contribution in [2.45, 2.75) is 0 Å². The van der Waals surface area contributed by atoms with Crippen molar-refractivity contribution in [1.29, 1.82) is 0 Å².